The Kier molecular flexibility index (Phi) is 4.12. The van der Waals surface area contributed by atoms with Crippen LogP contribution in [0.4, 0.5) is 0 Å². The second kappa shape index (κ2) is 6.21. The van der Waals surface area contributed by atoms with E-state index < -0.39 is 0 Å². The Balaban J connectivity index is 1.68. The van der Waals surface area contributed by atoms with Crippen LogP contribution in [0.5, 0.6) is 5.75 Å². The third kappa shape index (κ3) is 2.56. The summed E-state index contributed by atoms with van der Waals surface area (Å²) in [4.78, 5) is 28.6. The van der Waals surface area contributed by atoms with Crippen LogP contribution in [0.1, 0.15) is 32.1 Å². The fourth-order valence-electron chi connectivity index (χ4n) is 3.65. The standard InChI is InChI=1S/C18H17Cl2N3O3/c1-21-5-4-13-14(17(21)25)16(24)15-18(26)22(6-7-23(13)15)9-10-2-3-11(19)12(20)8-10/h2-3,8,24H,4-7,9H2,1H3. The largest absolute Gasteiger partial charge is 0.505 e. The number of nitrogens with zero attached hydrogens (tertiary/aromatic N) is 3. The van der Waals surface area contributed by atoms with Gasteiger partial charge in [0, 0.05) is 45.3 Å². The van der Waals surface area contributed by atoms with Crippen LogP contribution in [0, 0.1) is 0 Å². The first-order valence-corrected chi connectivity index (χ1v) is 9.07. The molecule has 136 valence electrons. The van der Waals surface area contributed by atoms with Crippen LogP contribution in [0.2, 0.25) is 10.0 Å². The number of rotatable bonds is 2. The first-order chi connectivity index (χ1) is 12.4. The maximum Gasteiger partial charge on any atom is 0.274 e. The van der Waals surface area contributed by atoms with Crippen molar-refractivity contribution in [3.05, 3.63) is 50.8 Å². The van der Waals surface area contributed by atoms with Crippen molar-refractivity contribution < 1.29 is 14.7 Å². The van der Waals surface area contributed by atoms with Gasteiger partial charge < -0.3 is 19.5 Å². The van der Waals surface area contributed by atoms with Gasteiger partial charge >= 0.3 is 0 Å². The van der Waals surface area contributed by atoms with Gasteiger partial charge in [-0.1, -0.05) is 29.3 Å². The minimum absolute atomic E-state index is 0.199. The number of aromatic nitrogens is 1. The Morgan fingerprint density at radius 2 is 1.85 bits per heavy atom. The lowest BCUT2D eigenvalue weighted by atomic mass is 10.1. The van der Waals surface area contributed by atoms with E-state index >= 15 is 0 Å². The maximum absolute atomic E-state index is 13.0. The Labute approximate surface area is 160 Å². The molecule has 2 aliphatic heterocycles. The van der Waals surface area contributed by atoms with Gasteiger partial charge in [-0.2, -0.15) is 0 Å². The summed E-state index contributed by atoms with van der Waals surface area (Å²) < 4.78 is 1.79. The SMILES string of the molecule is CN1CCc2c(c(O)c3n2CCN(Cc2ccc(Cl)c(Cl)c2)C3=O)C1=O. The molecule has 1 aromatic carbocycles. The summed E-state index contributed by atoms with van der Waals surface area (Å²) >= 11 is 12.0. The van der Waals surface area contributed by atoms with E-state index in [-0.39, 0.29) is 28.8 Å². The van der Waals surface area contributed by atoms with Crippen molar-refractivity contribution in [2.75, 3.05) is 20.1 Å². The molecule has 0 aliphatic carbocycles. The van der Waals surface area contributed by atoms with E-state index in [4.69, 9.17) is 23.2 Å². The molecule has 0 saturated heterocycles. The number of amides is 2. The van der Waals surface area contributed by atoms with Crippen LogP contribution >= 0.6 is 23.2 Å². The van der Waals surface area contributed by atoms with Crippen molar-refractivity contribution in [1.29, 1.82) is 0 Å². The number of carbonyl (C=O) groups excluding carboxylic acids is 2. The average molecular weight is 394 g/mol. The Hall–Kier alpha value is -2.18. The number of aromatic hydroxyl groups is 1. The molecule has 2 aliphatic rings. The zero-order chi connectivity index (χ0) is 18.6. The predicted molar refractivity (Wildman–Crippen MR) is 98.0 cm³/mol. The van der Waals surface area contributed by atoms with Crippen molar-refractivity contribution in [3.63, 3.8) is 0 Å². The van der Waals surface area contributed by atoms with Gasteiger partial charge in [0.05, 0.1) is 10.0 Å². The highest BCUT2D eigenvalue weighted by Crippen LogP contribution is 2.36. The fourth-order valence-corrected chi connectivity index (χ4v) is 3.97. The third-order valence-corrected chi connectivity index (χ3v) is 5.77. The molecule has 3 heterocycles. The minimum Gasteiger partial charge on any atom is -0.505 e. The van der Waals surface area contributed by atoms with Crippen LogP contribution in [0.3, 0.4) is 0 Å². The Bertz CT molecular complexity index is 938. The summed E-state index contributed by atoms with van der Waals surface area (Å²) in [6, 6.07) is 5.24. The van der Waals surface area contributed by atoms with Gasteiger partial charge in [-0.3, -0.25) is 9.59 Å². The topological polar surface area (TPSA) is 65.8 Å². The van der Waals surface area contributed by atoms with Crippen LogP contribution in [0.25, 0.3) is 0 Å². The molecule has 6 nitrogen and oxygen atoms in total. The van der Waals surface area contributed by atoms with Crippen molar-refractivity contribution in [2.24, 2.45) is 0 Å². The van der Waals surface area contributed by atoms with Crippen molar-refractivity contribution in [1.82, 2.24) is 14.4 Å². The molecule has 0 bridgehead atoms. The lowest BCUT2D eigenvalue weighted by Gasteiger charge is -2.30. The smallest absolute Gasteiger partial charge is 0.274 e. The van der Waals surface area contributed by atoms with Gasteiger partial charge in [-0.15, -0.1) is 0 Å². The molecule has 2 amide bonds. The third-order valence-electron chi connectivity index (χ3n) is 5.03. The second-order valence-corrected chi connectivity index (χ2v) is 7.44. The first kappa shape index (κ1) is 17.2. The number of carbonyl (C=O) groups is 2. The molecule has 0 atom stereocenters. The molecular weight excluding hydrogens is 377 g/mol. The predicted octanol–water partition coefficient (Wildman–Crippen LogP) is 2.78. The van der Waals surface area contributed by atoms with E-state index in [1.807, 2.05) is 6.07 Å². The number of halogens is 2. The molecule has 1 aromatic heterocycles. The molecule has 2 aromatic rings. The van der Waals surface area contributed by atoms with Crippen LogP contribution in [-0.2, 0) is 19.5 Å². The van der Waals surface area contributed by atoms with Crippen LogP contribution in [0.15, 0.2) is 18.2 Å². The molecule has 0 radical (unpaired) electrons. The first-order valence-electron chi connectivity index (χ1n) is 8.31. The van der Waals surface area contributed by atoms with E-state index in [0.29, 0.717) is 42.6 Å². The zero-order valence-corrected chi connectivity index (χ0v) is 15.6. The molecule has 26 heavy (non-hydrogen) atoms. The van der Waals surface area contributed by atoms with Gasteiger partial charge in [0.1, 0.15) is 5.56 Å². The monoisotopic (exact) mass is 393 g/mol. The van der Waals surface area contributed by atoms with E-state index in [1.165, 1.54) is 0 Å². The molecule has 0 unspecified atom stereocenters. The van der Waals surface area contributed by atoms with E-state index in [1.54, 1.807) is 33.5 Å². The van der Waals surface area contributed by atoms with Gasteiger partial charge in [-0.05, 0) is 17.7 Å². The summed E-state index contributed by atoms with van der Waals surface area (Å²) in [6.45, 7) is 1.98. The molecule has 0 saturated carbocycles. The van der Waals surface area contributed by atoms with Gasteiger partial charge in [0.25, 0.3) is 11.8 Å². The quantitative estimate of drug-likeness (QED) is 0.852. The summed E-state index contributed by atoms with van der Waals surface area (Å²) in [5, 5.41) is 11.5. The highest BCUT2D eigenvalue weighted by molar-refractivity contribution is 6.42. The van der Waals surface area contributed by atoms with E-state index in [9.17, 15) is 14.7 Å². The van der Waals surface area contributed by atoms with Crippen molar-refractivity contribution in [2.45, 2.75) is 19.5 Å². The number of fused-ring (bicyclic) bond motifs is 3. The van der Waals surface area contributed by atoms with Gasteiger partial charge in [0.2, 0.25) is 0 Å². The maximum atomic E-state index is 13.0. The molecule has 0 fully saturated rings. The number of hydrogen-bond acceptors (Lipinski definition) is 3. The van der Waals surface area contributed by atoms with Crippen molar-refractivity contribution in [3.8, 4) is 5.75 Å². The number of likely N-dealkylation sites (N-methyl/N-ethyl adjacent to an activating group) is 1. The normalized spacial score (nSPS) is 16.7. The highest BCUT2D eigenvalue weighted by atomic mass is 35.5. The zero-order valence-electron chi connectivity index (χ0n) is 14.1. The average Bonchev–Trinajstić information content (AvgIpc) is 2.90. The van der Waals surface area contributed by atoms with E-state index in [0.717, 1.165) is 11.3 Å². The molecule has 0 spiro atoms. The lowest BCUT2D eigenvalue weighted by Crippen LogP contribution is -2.40. The second-order valence-electron chi connectivity index (χ2n) is 6.62. The van der Waals surface area contributed by atoms with Crippen molar-refractivity contribution >= 4 is 35.0 Å². The molecular formula is C18H17Cl2N3O3. The van der Waals surface area contributed by atoms with Crippen LogP contribution in [-0.4, -0.2) is 51.4 Å². The summed E-state index contributed by atoms with van der Waals surface area (Å²) in [6.07, 6.45) is 0.630. The van der Waals surface area contributed by atoms with Crippen LogP contribution < -0.4 is 0 Å². The highest BCUT2D eigenvalue weighted by Gasteiger charge is 2.38. The van der Waals surface area contributed by atoms with Gasteiger partial charge in [0.15, 0.2) is 11.4 Å². The van der Waals surface area contributed by atoms with E-state index in [2.05, 4.69) is 0 Å². The summed E-state index contributed by atoms with van der Waals surface area (Å²) in [5.41, 5.74) is 2.07. The molecule has 1 N–H and O–H groups in total. The fraction of sp³-hybridized carbons (Fsp3) is 0.333. The Morgan fingerprint density at radius 1 is 1.08 bits per heavy atom. The minimum atomic E-state index is -0.287. The Morgan fingerprint density at radius 3 is 2.58 bits per heavy atom. The lowest BCUT2D eigenvalue weighted by molar-refractivity contribution is 0.0683. The summed E-state index contributed by atoms with van der Waals surface area (Å²) in [7, 11) is 1.69. The van der Waals surface area contributed by atoms with Gasteiger partial charge in [-0.25, -0.2) is 0 Å². The summed E-state index contributed by atoms with van der Waals surface area (Å²) in [5.74, 6) is -0.737. The molecule has 4 rings (SSSR count). The molecule has 8 heteroatoms. The number of hydrogen-bond donors (Lipinski definition) is 1. The number of benzene rings is 1.